The fourth-order valence-electron chi connectivity index (χ4n) is 1.57. The molecule has 0 aliphatic heterocycles. The van der Waals surface area contributed by atoms with E-state index in [4.69, 9.17) is 23.8 Å². The molecule has 0 bridgehead atoms. The molecule has 0 radical (unpaired) electrons. The third-order valence-electron chi connectivity index (χ3n) is 2.42. The van der Waals surface area contributed by atoms with E-state index in [9.17, 15) is 0 Å². The van der Waals surface area contributed by atoms with Crippen LogP contribution < -0.4 is 0 Å². The van der Waals surface area contributed by atoms with Gasteiger partial charge in [0.2, 0.25) is 0 Å². The molecule has 0 saturated heterocycles. The van der Waals surface area contributed by atoms with Crippen LogP contribution in [0, 0.1) is 11.6 Å². The van der Waals surface area contributed by atoms with Crippen molar-refractivity contribution in [1.29, 1.82) is 0 Å². The maximum absolute atomic E-state index is 6.10. The number of rotatable bonds is 1. The Morgan fingerprint density at radius 1 is 1.47 bits per heavy atom. The molecule has 78 valence electrons. The van der Waals surface area contributed by atoms with Gasteiger partial charge in [-0.2, -0.15) is 0 Å². The molecule has 0 aliphatic rings. The SMILES string of the molecule is CCc1nc(=S)c2c(Cl)ccc(C)c2[nH]1. The number of nitrogens with zero attached hydrogens (tertiary/aromatic N) is 1. The highest BCUT2D eigenvalue weighted by Crippen LogP contribution is 2.25. The molecule has 2 nitrogen and oxygen atoms in total. The van der Waals surface area contributed by atoms with E-state index in [2.05, 4.69) is 9.97 Å². The first-order valence-electron chi connectivity index (χ1n) is 4.81. The zero-order valence-corrected chi connectivity index (χ0v) is 10.2. The lowest BCUT2D eigenvalue weighted by atomic mass is 10.1. The van der Waals surface area contributed by atoms with Crippen molar-refractivity contribution >= 4 is 34.7 Å². The molecular formula is C11H11ClN2S. The second-order valence-corrected chi connectivity index (χ2v) is 4.25. The first-order chi connectivity index (χ1) is 7.13. The van der Waals surface area contributed by atoms with E-state index in [-0.39, 0.29) is 0 Å². The van der Waals surface area contributed by atoms with Gasteiger partial charge in [0.1, 0.15) is 10.5 Å². The van der Waals surface area contributed by atoms with Crippen LogP contribution in [0.1, 0.15) is 18.3 Å². The normalized spacial score (nSPS) is 10.9. The lowest BCUT2D eigenvalue weighted by Crippen LogP contribution is -1.96. The summed E-state index contributed by atoms with van der Waals surface area (Å²) in [5.41, 5.74) is 2.14. The van der Waals surface area contributed by atoms with Gasteiger partial charge in [-0.1, -0.05) is 36.8 Å². The van der Waals surface area contributed by atoms with Crippen LogP contribution in [0.25, 0.3) is 10.9 Å². The topological polar surface area (TPSA) is 28.7 Å². The van der Waals surface area contributed by atoms with Crippen molar-refractivity contribution in [3.63, 3.8) is 0 Å². The predicted molar refractivity (Wildman–Crippen MR) is 66.1 cm³/mol. The van der Waals surface area contributed by atoms with Gasteiger partial charge in [0.15, 0.2) is 0 Å². The van der Waals surface area contributed by atoms with E-state index in [1.807, 2.05) is 26.0 Å². The van der Waals surface area contributed by atoms with Crippen LogP contribution >= 0.6 is 23.8 Å². The smallest absolute Gasteiger partial charge is 0.139 e. The van der Waals surface area contributed by atoms with Crippen molar-refractivity contribution in [2.75, 3.05) is 0 Å². The van der Waals surface area contributed by atoms with Gasteiger partial charge >= 0.3 is 0 Å². The van der Waals surface area contributed by atoms with Crippen LogP contribution in [0.3, 0.4) is 0 Å². The Hall–Kier alpha value is -0.930. The average molecular weight is 239 g/mol. The van der Waals surface area contributed by atoms with Crippen LogP contribution in [0.5, 0.6) is 0 Å². The minimum atomic E-state index is 0.578. The standard InChI is InChI=1S/C11H11ClN2S/c1-3-8-13-10-6(2)4-5-7(12)9(10)11(15)14-8/h4-5H,3H2,1-2H3,(H,13,14,15). The third-order valence-corrected chi connectivity index (χ3v) is 3.03. The number of aromatic amines is 1. The molecule has 0 unspecified atom stereocenters. The van der Waals surface area contributed by atoms with E-state index in [1.165, 1.54) is 0 Å². The summed E-state index contributed by atoms with van der Waals surface area (Å²) >= 11 is 11.3. The highest BCUT2D eigenvalue weighted by molar-refractivity contribution is 7.71. The van der Waals surface area contributed by atoms with Crippen molar-refractivity contribution in [2.45, 2.75) is 20.3 Å². The Balaban J connectivity index is 2.97. The highest BCUT2D eigenvalue weighted by atomic mass is 35.5. The monoisotopic (exact) mass is 238 g/mol. The van der Waals surface area contributed by atoms with Gasteiger partial charge in [0.05, 0.1) is 15.9 Å². The van der Waals surface area contributed by atoms with E-state index in [1.54, 1.807) is 0 Å². The number of fused-ring (bicyclic) bond motifs is 1. The van der Waals surface area contributed by atoms with E-state index in [0.29, 0.717) is 9.66 Å². The summed E-state index contributed by atoms with van der Waals surface area (Å²) < 4.78 is 0.578. The van der Waals surface area contributed by atoms with Crippen LogP contribution in [0.4, 0.5) is 0 Å². The van der Waals surface area contributed by atoms with Crippen LogP contribution in [0.15, 0.2) is 12.1 Å². The zero-order valence-electron chi connectivity index (χ0n) is 8.60. The van der Waals surface area contributed by atoms with E-state index >= 15 is 0 Å². The average Bonchev–Trinajstić information content (AvgIpc) is 2.23. The number of H-pyrrole nitrogens is 1. The van der Waals surface area contributed by atoms with Crippen LogP contribution in [0.2, 0.25) is 5.02 Å². The second-order valence-electron chi connectivity index (χ2n) is 3.46. The second kappa shape index (κ2) is 3.91. The number of nitrogens with one attached hydrogen (secondary N) is 1. The van der Waals surface area contributed by atoms with Gasteiger partial charge in [0, 0.05) is 6.42 Å². The highest BCUT2D eigenvalue weighted by Gasteiger charge is 2.06. The van der Waals surface area contributed by atoms with Gasteiger partial charge in [-0.05, 0) is 18.6 Å². The molecule has 0 atom stereocenters. The maximum atomic E-state index is 6.10. The number of benzene rings is 1. The van der Waals surface area contributed by atoms with E-state index < -0.39 is 0 Å². The first kappa shape index (κ1) is 10.6. The van der Waals surface area contributed by atoms with Gasteiger partial charge in [0.25, 0.3) is 0 Å². The Morgan fingerprint density at radius 3 is 2.87 bits per heavy atom. The number of hydrogen-bond donors (Lipinski definition) is 1. The molecule has 1 aromatic carbocycles. The first-order valence-corrected chi connectivity index (χ1v) is 5.60. The van der Waals surface area contributed by atoms with Gasteiger partial charge < -0.3 is 4.98 Å². The summed E-state index contributed by atoms with van der Waals surface area (Å²) in [7, 11) is 0. The lowest BCUT2D eigenvalue weighted by Gasteiger charge is -2.06. The zero-order chi connectivity index (χ0) is 11.0. The minimum Gasteiger partial charge on any atom is -0.343 e. The molecule has 2 rings (SSSR count). The molecule has 0 aliphatic carbocycles. The molecule has 0 saturated carbocycles. The molecule has 1 aromatic heterocycles. The molecule has 1 N–H and O–H groups in total. The summed E-state index contributed by atoms with van der Waals surface area (Å²) in [5.74, 6) is 0.901. The summed E-state index contributed by atoms with van der Waals surface area (Å²) in [6, 6.07) is 3.84. The quantitative estimate of drug-likeness (QED) is 0.766. The molecule has 0 amide bonds. The fourth-order valence-corrected chi connectivity index (χ4v) is 2.19. The largest absolute Gasteiger partial charge is 0.343 e. The Kier molecular flexibility index (Phi) is 2.76. The summed E-state index contributed by atoms with van der Waals surface area (Å²) in [6.45, 7) is 4.07. The maximum Gasteiger partial charge on any atom is 0.139 e. The Morgan fingerprint density at radius 2 is 2.20 bits per heavy atom. The van der Waals surface area contributed by atoms with E-state index in [0.717, 1.165) is 28.7 Å². The van der Waals surface area contributed by atoms with Gasteiger partial charge in [-0.3, -0.25) is 0 Å². The third kappa shape index (κ3) is 1.77. The van der Waals surface area contributed by atoms with Crippen molar-refractivity contribution in [3.8, 4) is 0 Å². The molecular weight excluding hydrogens is 228 g/mol. The van der Waals surface area contributed by atoms with Crippen molar-refractivity contribution < 1.29 is 0 Å². The number of halogens is 1. The summed E-state index contributed by atoms with van der Waals surface area (Å²) in [6.07, 6.45) is 0.839. The van der Waals surface area contributed by atoms with Crippen molar-refractivity contribution in [3.05, 3.63) is 33.2 Å². The molecule has 15 heavy (non-hydrogen) atoms. The van der Waals surface area contributed by atoms with Gasteiger partial charge in [-0.25, -0.2) is 4.98 Å². The Labute approximate surface area is 98.3 Å². The summed E-state index contributed by atoms with van der Waals surface area (Å²) in [4.78, 5) is 7.56. The lowest BCUT2D eigenvalue weighted by molar-refractivity contribution is 0.953. The fraction of sp³-hybridized carbons (Fsp3) is 0.273. The molecule has 0 fully saturated rings. The number of hydrogen-bond acceptors (Lipinski definition) is 2. The number of aryl methyl sites for hydroxylation is 2. The van der Waals surface area contributed by atoms with Crippen molar-refractivity contribution in [2.24, 2.45) is 0 Å². The molecule has 0 spiro atoms. The predicted octanol–water partition coefficient (Wildman–Crippen LogP) is 3.82. The van der Waals surface area contributed by atoms with Crippen LogP contribution in [-0.2, 0) is 6.42 Å². The summed E-state index contributed by atoms with van der Waals surface area (Å²) in [5, 5.41) is 1.51. The Bertz CT molecular complexity index is 575. The van der Waals surface area contributed by atoms with Crippen LogP contribution in [-0.4, -0.2) is 9.97 Å². The van der Waals surface area contributed by atoms with Crippen molar-refractivity contribution in [1.82, 2.24) is 9.97 Å². The number of aromatic nitrogens is 2. The molecule has 2 aromatic rings. The van der Waals surface area contributed by atoms with Gasteiger partial charge in [-0.15, -0.1) is 0 Å². The minimum absolute atomic E-state index is 0.578. The molecule has 1 heterocycles. The molecule has 4 heteroatoms.